The normalized spacial score (nSPS) is 73.9. The Bertz CT molecular complexity index is 144. The SMILES string of the molecule is CC1C2C3CCC12C3. The Morgan fingerprint density at radius 2 is 2.38 bits per heavy atom. The van der Waals surface area contributed by atoms with E-state index in [4.69, 9.17) is 0 Å². The van der Waals surface area contributed by atoms with Gasteiger partial charge in [-0.2, -0.15) is 0 Å². The Hall–Kier alpha value is 0. The van der Waals surface area contributed by atoms with Gasteiger partial charge >= 0.3 is 0 Å². The lowest BCUT2D eigenvalue weighted by Gasteiger charge is -2.20. The fraction of sp³-hybridized carbons (Fsp3) is 1.00. The lowest BCUT2D eigenvalue weighted by atomic mass is 9.85. The third-order valence-corrected chi connectivity index (χ3v) is 4.13. The Morgan fingerprint density at radius 1 is 1.50 bits per heavy atom. The second-order valence-corrected chi connectivity index (χ2v) is 4.05. The summed E-state index contributed by atoms with van der Waals surface area (Å²) < 4.78 is 0. The predicted octanol–water partition coefficient (Wildman–Crippen LogP) is 2.05. The van der Waals surface area contributed by atoms with Crippen molar-refractivity contribution < 1.29 is 0 Å². The maximum Gasteiger partial charge on any atom is -0.0232 e. The third-order valence-electron chi connectivity index (χ3n) is 4.13. The predicted molar refractivity (Wildman–Crippen MR) is 32.4 cm³/mol. The highest BCUT2D eigenvalue weighted by Crippen LogP contribution is 2.82. The maximum atomic E-state index is 2.45. The molecule has 2 bridgehead atoms. The van der Waals surface area contributed by atoms with Crippen LogP contribution in [0.3, 0.4) is 0 Å². The van der Waals surface area contributed by atoms with Crippen molar-refractivity contribution in [1.29, 1.82) is 0 Å². The smallest absolute Gasteiger partial charge is 0.0232 e. The molecule has 0 N–H and O–H groups in total. The van der Waals surface area contributed by atoms with E-state index in [0.29, 0.717) is 0 Å². The van der Waals surface area contributed by atoms with Crippen LogP contribution >= 0.6 is 0 Å². The molecule has 44 valence electrons. The first kappa shape index (κ1) is 3.92. The molecule has 0 saturated heterocycles. The van der Waals surface area contributed by atoms with Crippen molar-refractivity contribution in [2.24, 2.45) is 23.2 Å². The highest BCUT2D eigenvalue weighted by atomic mass is 14.8. The van der Waals surface area contributed by atoms with Gasteiger partial charge in [-0.1, -0.05) is 6.92 Å². The van der Waals surface area contributed by atoms with Gasteiger partial charge in [-0.15, -0.1) is 0 Å². The summed E-state index contributed by atoms with van der Waals surface area (Å²) >= 11 is 0. The van der Waals surface area contributed by atoms with Crippen molar-refractivity contribution >= 4 is 0 Å². The van der Waals surface area contributed by atoms with Crippen LogP contribution in [0.25, 0.3) is 0 Å². The first-order valence-corrected chi connectivity index (χ1v) is 3.84. The molecule has 4 aliphatic carbocycles. The third kappa shape index (κ3) is 0.178. The van der Waals surface area contributed by atoms with E-state index in [2.05, 4.69) is 6.92 Å². The van der Waals surface area contributed by atoms with Crippen LogP contribution in [0.1, 0.15) is 26.2 Å². The Labute approximate surface area is 50.3 Å². The number of rotatable bonds is 0. The average Bonchev–Trinajstić information content (AvgIpc) is 2.05. The van der Waals surface area contributed by atoms with Crippen molar-refractivity contribution in [3.63, 3.8) is 0 Å². The molecule has 4 unspecified atom stereocenters. The van der Waals surface area contributed by atoms with E-state index in [1.165, 1.54) is 11.8 Å². The van der Waals surface area contributed by atoms with Gasteiger partial charge in [-0.25, -0.2) is 0 Å². The van der Waals surface area contributed by atoms with Gasteiger partial charge in [0.25, 0.3) is 0 Å². The molecule has 0 nitrogen and oxygen atoms in total. The molecule has 0 amide bonds. The molecule has 4 rings (SSSR count). The van der Waals surface area contributed by atoms with Crippen molar-refractivity contribution in [2.75, 3.05) is 0 Å². The molecular weight excluding hydrogens is 96.1 g/mol. The fourth-order valence-corrected chi connectivity index (χ4v) is 3.62. The Kier molecular flexibility index (Phi) is 0.381. The van der Waals surface area contributed by atoms with E-state index >= 15 is 0 Å². The Balaban J connectivity index is 2.08. The van der Waals surface area contributed by atoms with Crippen LogP contribution in [0.2, 0.25) is 0 Å². The van der Waals surface area contributed by atoms with E-state index in [0.717, 1.165) is 11.3 Å². The summed E-state index contributed by atoms with van der Waals surface area (Å²) in [5.41, 5.74) is 0.963. The molecule has 0 heteroatoms. The minimum atomic E-state index is 0.963. The summed E-state index contributed by atoms with van der Waals surface area (Å²) in [5, 5.41) is 0. The number of hydrogen-bond acceptors (Lipinski definition) is 0. The lowest BCUT2D eigenvalue weighted by molar-refractivity contribution is 0.287. The van der Waals surface area contributed by atoms with E-state index in [1.54, 1.807) is 19.3 Å². The van der Waals surface area contributed by atoms with E-state index in [1.807, 2.05) is 0 Å². The summed E-state index contributed by atoms with van der Waals surface area (Å²) in [6.45, 7) is 2.45. The fourth-order valence-electron chi connectivity index (χ4n) is 3.62. The van der Waals surface area contributed by atoms with E-state index < -0.39 is 0 Å². The summed E-state index contributed by atoms with van der Waals surface area (Å²) in [5.74, 6) is 3.56. The molecule has 4 aliphatic rings. The largest absolute Gasteiger partial charge is 0.0617 e. The first-order valence-electron chi connectivity index (χ1n) is 3.84. The minimum Gasteiger partial charge on any atom is -0.0617 e. The van der Waals surface area contributed by atoms with Crippen LogP contribution < -0.4 is 0 Å². The molecule has 8 heavy (non-hydrogen) atoms. The monoisotopic (exact) mass is 108 g/mol. The topological polar surface area (TPSA) is 0 Å². The highest BCUT2D eigenvalue weighted by molar-refractivity contribution is 5.24. The van der Waals surface area contributed by atoms with Gasteiger partial charge in [-0.05, 0) is 42.4 Å². The second kappa shape index (κ2) is 0.778. The molecule has 0 aliphatic heterocycles. The standard InChI is InChI=1S/C8H12/c1-5-7-6-2-3-8(5,7)4-6/h5-7H,2-4H2,1H3. The van der Waals surface area contributed by atoms with Crippen LogP contribution in [0, 0.1) is 23.2 Å². The van der Waals surface area contributed by atoms with Crippen molar-refractivity contribution in [3.05, 3.63) is 0 Å². The molecule has 1 spiro atoms. The highest BCUT2D eigenvalue weighted by Gasteiger charge is 2.75. The molecule has 0 aromatic rings. The van der Waals surface area contributed by atoms with E-state index in [9.17, 15) is 0 Å². The summed E-state index contributed by atoms with van der Waals surface area (Å²) in [6.07, 6.45) is 4.78. The molecule has 0 heterocycles. The summed E-state index contributed by atoms with van der Waals surface area (Å²) in [6, 6.07) is 0. The van der Waals surface area contributed by atoms with Gasteiger partial charge in [0.05, 0.1) is 0 Å². The van der Waals surface area contributed by atoms with Crippen molar-refractivity contribution in [2.45, 2.75) is 26.2 Å². The zero-order chi connectivity index (χ0) is 5.35. The molecule has 4 saturated carbocycles. The van der Waals surface area contributed by atoms with Crippen LogP contribution in [-0.4, -0.2) is 0 Å². The van der Waals surface area contributed by atoms with Gasteiger partial charge in [0, 0.05) is 0 Å². The number of fused-ring (bicyclic) bond motifs is 1. The molecule has 0 aromatic heterocycles. The van der Waals surface area contributed by atoms with Crippen LogP contribution in [0.4, 0.5) is 0 Å². The number of hydrogen-bond donors (Lipinski definition) is 0. The minimum absolute atomic E-state index is 0.963. The zero-order valence-corrected chi connectivity index (χ0v) is 5.35. The second-order valence-electron chi connectivity index (χ2n) is 4.05. The first-order chi connectivity index (χ1) is 3.84. The van der Waals surface area contributed by atoms with Gasteiger partial charge < -0.3 is 0 Å². The molecule has 4 fully saturated rings. The lowest BCUT2D eigenvalue weighted by Crippen LogP contribution is -2.13. The molecule has 0 aromatic carbocycles. The van der Waals surface area contributed by atoms with Gasteiger partial charge in [0.1, 0.15) is 0 Å². The quantitative estimate of drug-likeness (QED) is 0.445. The zero-order valence-electron chi connectivity index (χ0n) is 5.35. The van der Waals surface area contributed by atoms with Crippen molar-refractivity contribution in [1.82, 2.24) is 0 Å². The van der Waals surface area contributed by atoms with Crippen LogP contribution in [0.15, 0.2) is 0 Å². The molecule has 4 atom stereocenters. The Morgan fingerprint density at radius 3 is 2.62 bits per heavy atom. The summed E-state index contributed by atoms with van der Waals surface area (Å²) in [4.78, 5) is 0. The van der Waals surface area contributed by atoms with Gasteiger partial charge in [-0.3, -0.25) is 0 Å². The van der Waals surface area contributed by atoms with Gasteiger partial charge in [0.15, 0.2) is 0 Å². The van der Waals surface area contributed by atoms with Gasteiger partial charge in [0.2, 0.25) is 0 Å². The summed E-state index contributed by atoms with van der Waals surface area (Å²) in [7, 11) is 0. The van der Waals surface area contributed by atoms with Crippen LogP contribution in [0.5, 0.6) is 0 Å². The molecule has 0 radical (unpaired) electrons. The average molecular weight is 108 g/mol. The van der Waals surface area contributed by atoms with Crippen molar-refractivity contribution in [3.8, 4) is 0 Å². The van der Waals surface area contributed by atoms with E-state index in [-0.39, 0.29) is 0 Å². The molecular formula is C8H12. The van der Waals surface area contributed by atoms with Crippen LogP contribution in [-0.2, 0) is 0 Å². The maximum absolute atomic E-state index is 2.45.